The molecular formula is C18H22N4O4S. The Morgan fingerprint density at radius 3 is 2.81 bits per heavy atom. The molecule has 1 aromatic carbocycles. The Hall–Kier alpha value is -2.23. The summed E-state index contributed by atoms with van der Waals surface area (Å²) in [4.78, 5) is 14.4. The highest BCUT2D eigenvalue weighted by Gasteiger charge is 2.40. The zero-order valence-corrected chi connectivity index (χ0v) is 16.0. The van der Waals surface area contributed by atoms with Gasteiger partial charge in [-0.1, -0.05) is 17.4 Å². The fraction of sp³-hybridized carbons (Fsp3) is 0.500. The lowest BCUT2D eigenvalue weighted by Gasteiger charge is -2.37. The van der Waals surface area contributed by atoms with E-state index in [4.69, 9.17) is 14.2 Å². The van der Waals surface area contributed by atoms with Gasteiger partial charge in [0.05, 0.1) is 26.7 Å². The lowest BCUT2D eigenvalue weighted by molar-refractivity contribution is -0.187. The molecule has 1 aromatic heterocycles. The van der Waals surface area contributed by atoms with Gasteiger partial charge in [0.15, 0.2) is 5.79 Å². The van der Waals surface area contributed by atoms with Gasteiger partial charge in [-0.3, -0.25) is 4.79 Å². The Balaban J connectivity index is 1.31. The maximum absolute atomic E-state index is 12.6. The first kappa shape index (κ1) is 18.1. The summed E-state index contributed by atoms with van der Waals surface area (Å²) in [6.45, 7) is 2.57. The third kappa shape index (κ3) is 4.20. The van der Waals surface area contributed by atoms with Crippen LogP contribution >= 0.6 is 11.3 Å². The van der Waals surface area contributed by atoms with Gasteiger partial charge in [0.1, 0.15) is 10.8 Å². The van der Waals surface area contributed by atoms with Gasteiger partial charge in [0.25, 0.3) is 0 Å². The summed E-state index contributed by atoms with van der Waals surface area (Å²) in [6, 6.07) is 7.57. The number of nitrogens with zero attached hydrogens (tertiary/aromatic N) is 3. The molecule has 8 nitrogen and oxygen atoms in total. The lowest BCUT2D eigenvalue weighted by Crippen LogP contribution is -2.47. The summed E-state index contributed by atoms with van der Waals surface area (Å²) < 4.78 is 16.6. The van der Waals surface area contributed by atoms with E-state index in [1.165, 1.54) is 11.3 Å². The van der Waals surface area contributed by atoms with Gasteiger partial charge in [0, 0.05) is 37.7 Å². The van der Waals surface area contributed by atoms with Crippen LogP contribution < -0.4 is 10.1 Å². The predicted octanol–water partition coefficient (Wildman–Crippen LogP) is 2.20. The van der Waals surface area contributed by atoms with Crippen molar-refractivity contribution in [1.82, 2.24) is 15.1 Å². The van der Waals surface area contributed by atoms with Gasteiger partial charge in [-0.05, 0) is 12.1 Å². The molecule has 2 aliphatic heterocycles. The van der Waals surface area contributed by atoms with E-state index in [1.54, 1.807) is 7.11 Å². The maximum Gasteiger partial charge on any atom is 0.229 e. The summed E-state index contributed by atoms with van der Waals surface area (Å²) >= 11 is 1.38. The normalized spacial score (nSPS) is 18.6. The first-order valence-corrected chi connectivity index (χ1v) is 9.77. The van der Waals surface area contributed by atoms with Crippen LogP contribution in [0.25, 0.3) is 0 Å². The largest absolute Gasteiger partial charge is 0.497 e. The molecule has 0 radical (unpaired) electrons. The first-order chi connectivity index (χ1) is 13.2. The number of carbonyl (C=O) groups excluding carboxylic acids is 1. The van der Waals surface area contributed by atoms with Crippen LogP contribution in [0, 0.1) is 0 Å². The molecular weight excluding hydrogens is 368 g/mol. The van der Waals surface area contributed by atoms with E-state index in [0.29, 0.717) is 36.4 Å². The van der Waals surface area contributed by atoms with Crippen LogP contribution in [0.3, 0.4) is 0 Å². The number of amides is 1. The standard InChI is InChI=1S/C18H22N4O4S/c1-24-14-4-2-3-13(11-14)19-17-21-20-15(27-17)12-16(23)22-7-5-18(6-8-22)25-9-10-26-18/h2-4,11H,5-10,12H2,1H3,(H,19,21). The summed E-state index contributed by atoms with van der Waals surface area (Å²) in [5.74, 6) is 0.359. The van der Waals surface area contributed by atoms with Gasteiger partial charge in [0.2, 0.25) is 11.0 Å². The summed E-state index contributed by atoms with van der Waals surface area (Å²) in [7, 11) is 1.63. The van der Waals surface area contributed by atoms with Crippen LogP contribution in [0.1, 0.15) is 17.8 Å². The number of hydrogen-bond donors (Lipinski definition) is 1. The molecule has 0 atom stereocenters. The number of methoxy groups -OCH3 is 1. The molecule has 0 saturated carbocycles. The van der Waals surface area contributed by atoms with E-state index in [-0.39, 0.29) is 12.3 Å². The van der Waals surface area contributed by atoms with Crippen LogP contribution in [0.5, 0.6) is 5.75 Å². The topological polar surface area (TPSA) is 85.8 Å². The van der Waals surface area contributed by atoms with Gasteiger partial charge in [-0.2, -0.15) is 0 Å². The summed E-state index contributed by atoms with van der Waals surface area (Å²) in [5, 5.41) is 12.8. The summed E-state index contributed by atoms with van der Waals surface area (Å²) in [6.07, 6.45) is 1.70. The minimum atomic E-state index is -0.465. The van der Waals surface area contributed by atoms with Crippen molar-refractivity contribution in [1.29, 1.82) is 0 Å². The number of anilines is 2. The number of nitrogens with one attached hydrogen (secondary N) is 1. The Morgan fingerprint density at radius 1 is 1.30 bits per heavy atom. The first-order valence-electron chi connectivity index (χ1n) is 8.95. The molecule has 4 rings (SSSR count). The highest BCUT2D eigenvalue weighted by Crippen LogP contribution is 2.31. The average molecular weight is 390 g/mol. The van der Waals surface area contributed by atoms with Crippen molar-refractivity contribution in [3.05, 3.63) is 29.3 Å². The molecule has 2 fully saturated rings. The van der Waals surface area contributed by atoms with Gasteiger partial charge < -0.3 is 24.4 Å². The van der Waals surface area contributed by atoms with Crippen molar-refractivity contribution in [2.24, 2.45) is 0 Å². The van der Waals surface area contributed by atoms with Crippen LogP contribution in [0.2, 0.25) is 0 Å². The molecule has 0 aliphatic carbocycles. The van der Waals surface area contributed by atoms with Gasteiger partial charge in [-0.25, -0.2) is 0 Å². The van der Waals surface area contributed by atoms with Crippen molar-refractivity contribution in [3.8, 4) is 5.75 Å². The molecule has 2 aliphatic rings. The molecule has 144 valence electrons. The zero-order chi connectivity index (χ0) is 18.7. The number of benzene rings is 1. The maximum atomic E-state index is 12.6. The van der Waals surface area contributed by atoms with E-state index in [1.807, 2.05) is 29.2 Å². The molecule has 0 unspecified atom stereocenters. The van der Waals surface area contributed by atoms with Crippen LogP contribution in [-0.2, 0) is 20.7 Å². The molecule has 27 heavy (non-hydrogen) atoms. The summed E-state index contributed by atoms with van der Waals surface area (Å²) in [5.41, 5.74) is 0.862. The molecule has 1 amide bonds. The number of carbonyl (C=O) groups is 1. The highest BCUT2D eigenvalue weighted by molar-refractivity contribution is 7.15. The molecule has 2 aromatic rings. The average Bonchev–Trinajstić information content (AvgIpc) is 3.32. The van der Waals surface area contributed by atoms with E-state index < -0.39 is 5.79 Å². The van der Waals surface area contributed by atoms with E-state index in [0.717, 1.165) is 24.3 Å². The number of aromatic nitrogens is 2. The number of likely N-dealkylation sites (tertiary alicyclic amines) is 1. The molecule has 1 spiro atoms. The third-order valence-corrected chi connectivity index (χ3v) is 5.62. The SMILES string of the molecule is COc1cccc(Nc2nnc(CC(=O)N3CCC4(CC3)OCCO4)s2)c1. The van der Waals surface area contributed by atoms with Crippen molar-refractivity contribution in [3.63, 3.8) is 0 Å². The monoisotopic (exact) mass is 390 g/mol. The smallest absolute Gasteiger partial charge is 0.229 e. The second kappa shape index (κ2) is 7.79. The predicted molar refractivity (Wildman–Crippen MR) is 100 cm³/mol. The Kier molecular flexibility index (Phi) is 5.24. The number of piperidine rings is 1. The Bertz CT molecular complexity index is 796. The fourth-order valence-corrected chi connectivity index (χ4v) is 4.07. The quantitative estimate of drug-likeness (QED) is 0.838. The second-order valence-electron chi connectivity index (χ2n) is 6.52. The minimum absolute atomic E-state index is 0.0620. The van der Waals surface area contributed by atoms with Crippen molar-refractivity contribution in [2.45, 2.75) is 25.0 Å². The molecule has 0 bridgehead atoms. The minimum Gasteiger partial charge on any atom is -0.497 e. The fourth-order valence-electron chi connectivity index (χ4n) is 3.32. The van der Waals surface area contributed by atoms with Crippen LogP contribution in [0.4, 0.5) is 10.8 Å². The van der Waals surface area contributed by atoms with Crippen LogP contribution in [0.15, 0.2) is 24.3 Å². The number of ether oxygens (including phenoxy) is 3. The second-order valence-corrected chi connectivity index (χ2v) is 7.59. The van der Waals surface area contributed by atoms with Crippen molar-refractivity contribution < 1.29 is 19.0 Å². The molecule has 2 saturated heterocycles. The van der Waals surface area contributed by atoms with Crippen molar-refractivity contribution >= 4 is 28.1 Å². The number of hydrogen-bond acceptors (Lipinski definition) is 8. The van der Waals surface area contributed by atoms with Gasteiger partial charge in [-0.15, -0.1) is 10.2 Å². The van der Waals surface area contributed by atoms with E-state index >= 15 is 0 Å². The van der Waals surface area contributed by atoms with Gasteiger partial charge >= 0.3 is 0 Å². The highest BCUT2D eigenvalue weighted by atomic mass is 32.1. The Morgan fingerprint density at radius 2 is 2.07 bits per heavy atom. The van der Waals surface area contributed by atoms with E-state index in [9.17, 15) is 4.79 Å². The lowest BCUT2D eigenvalue weighted by atomic mass is 10.0. The van der Waals surface area contributed by atoms with Crippen LogP contribution in [-0.4, -0.2) is 60.2 Å². The molecule has 3 heterocycles. The molecule has 1 N–H and O–H groups in total. The third-order valence-electron chi connectivity index (χ3n) is 4.78. The molecule has 9 heteroatoms. The van der Waals surface area contributed by atoms with E-state index in [2.05, 4.69) is 15.5 Å². The number of rotatable bonds is 5. The Labute approximate surface area is 161 Å². The van der Waals surface area contributed by atoms with Crippen molar-refractivity contribution in [2.75, 3.05) is 38.7 Å². The zero-order valence-electron chi connectivity index (χ0n) is 15.1.